The minimum absolute atomic E-state index is 0.102. The van der Waals surface area contributed by atoms with Crippen LogP contribution < -0.4 is 0 Å². The summed E-state index contributed by atoms with van der Waals surface area (Å²) < 4.78 is 7.22. The van der Waals surface area contributed by atoms with Gasteiger partial charge in [-0.25, -0.2) is 4.98 Å². The lowest BCUT2D eigenvalue weighted by Gasteiger charge is -2.27. The lowest BCUT2D eigenvalue weighted by Crippen LogP contribution is -2.34. The summed E-state index contributed by atoms with van der Waals surface area (Å²) in [6.45, 7) is 0.366. The van der Waals surface area contributed by atoms with Gasteiger partial charge in [-0.05, 0) is 24.3 Å². The second kappa shape index (κ2) is 8.24. The number of pyridine rings is 2. The predicted molar refractivity (Wildman–Crippen MR) is 112 cm³/mol. The number of hydrogen-bond acceptors (Lipinski definition) is 4. The summed E-state index contributed by atoms with van der Waals surface area (Å²) in [5, 5.41) is 0. The number of rotatable bonds is 6. The smallest absolute Gasteiger partial charge is 0.255 e. The fourth-order valence-corrected chi connectivity index (χ4v) is 3.34. The molecule has 0 aliphatic heterocycles. The summed E-state index contributed by atoms with van der Waals surface area (Å²) in [5.41, 5.74) is 4.07. The molecule has 1 unspecified atom stereocenters. The summed E-state index contributed by atoms with van der Waals surface area (Å²) in [6.07, 6.45) is 5.47. The highest BCUT2D eigenvalue weighted by Crippen LogP contribution is 2.22. The van der Waals surface area contributed by atoms with Crippen LogP contribution in [0.1, 0.15) is 22.1 Å². The first-order chi connectivity index (χ1) is 14.2. The summed E-state index contributed by atoms with van der Waals surface area (Å²) in [7, 11) is 3.39. The summed E-state index contributed by atoms with van der Waals surface area (Å²) >= 11 is 0. The first-order valence-corrected chi connectivity index (χ1v) is 9.38. The van der Waals surface area contributed by atoms with Crippen molar-refractivity contribution >= 4 is 11.6 Å². The molecule has 3 aromatic heterocycles. The van der Waals surface area contributed by atoms with Gasteiger partial charge in [0.25, 0.3) is 5.91 Å². The topological polar surface area (TPSA) is 59.7 Å². The van der Waals surface area contributed by atoms with Gasteiger partial charge >= 0.3 is 0 Å². The summed E-state index contributed by atoms with van der Waals surface area (Å²) in [5.74, 6) is -0.102. The number of imidazole rings is 1. The molecule has 4 aromatic rings. The number of carbonyl (C=O) groups is 1. The zero-order valence-electron chi connectivity index (χ0n) is 16.4. The van der Waals surface area contributed by atoms with E-state index in [0.29, 0.717) is 12.2 Å². The zero-order valence-corrected chi connectivity index (χ0v) is 16.4. The van der Waals surface area contributed by atoms with E-state index in [1.807, 2.05) is 71.4 Å². The Kier molecular flexibility index (Phi) is 5.35. The highest BCUT2D eigenvalue weighted by molar-refractivity contribution is 5.94. The van der Waals surface area contributed by atoms with Gasteiger partial charge in [-0.2, -0.15) is 0 Å². The molecule has 0 saturated carbocycles. The normalized spacial score (nSPS) is 12.1. The first-order valence-electron chi connectivity index (χ1n) is 9.38. The van der Waals surface area contributed by atoms with E-state index in [2.05, 4.69) is 9.97 Å². The van der Waals surface area contributed by atoms with Gasteiger partial charge in [0.1, 0.15) is 5.65 Å². The number of likely N-dealkylation sites (N-methyl/N-ethyl adjacent to an activating group) is 1. The fraction of sp³-hybridized carbons (Fsp3) is 0.174. The standard InChI is InChI=1S/C23H22N4O2/c1-26(21(16-29-2)19-10-6-7-13-24-19)23(28)18-11-12-22-25-20(15-27(22)14-18)17-8-4-3-5-9-17/h3-15,21H,16H2,1-2H3. The molecule has 1 amide bonds. The molecule has 0 aliphatic rings. The van der Waals surface area contributed by atoms with Crippen LogP contribution in [-0.2, 0) is 4.74 Å². The van der Waals surface area contributed by atoms with Crippen LogP contribution >= 0.6 is 0 Å². The first kappa shape index (κ1) is 18.8. The molecule has 6 heteroatoms. The van der Waals surface area contributed by atoms with E-state index < -0.39 is 0 Å². The number of fused-ring (bicyclic) bond motifs is 1. The quantitative estimate of drug-likeness (QED) is 0.505. The highest BCUT2D eigenvalue weighted by atomic mass is 16.5. The number of methoxy groups -OCH3 is 1. The molecule has 0 fully saturated rings. The number of ether oxygens (including phenoxy) is 1. The molecule has 0 radical (unpaired) electrons. The van der Waals surface area contributed by atoms with Crippen molar-refractivity contribution in [1.82, 2.24) is 19.3 Å². The third kappa shape index (κ3) is 3.88. The number of aromatic nitrogens is 3. The van der Waals surface area contributed by atoms with Gasteiger partial charge in [-0.15, -0.1) is 0 Å². The Labute approximate surface area is 169 Å². The molecule has 29 heavy (non-hydrogen) atoms. The van der Waals surface area contributed by atoms with Crippen molar-refractivity contribution in [1.29, 1.82) is 0 Å². The Hall–Kier alpha value is -3.51. The van der Waals surface area contributed by atoms with Crippen LogP contribution in [0.2, 0.25) is 0 Å². The van der Waals surface area contributed by atoms with Crippen molar-refractivity contribution in [2.45, 2.75) is 6.04 Å². The third-order valence-corrected chi connectivity index (χ3v) is 4.91. The molecule has 6 nitrogen and oxygen atoms in total. The monoisotopic (exact) mass is 386 g/mol. The number of hydrogen-bond donors (Lipinski definition) is 0. The molecule has 0 saturated heterocycles. The van der Waals surface area contributed by atoms with E-state index in [0.717, 1.165) is 22.6 Å². The van der Waals surface area contributed by atoms with Crippen LogP contribution in [0.3, 0.4) is 0 Å². The molecular weight excluding hydrogens is 364 g/mol. The average Bonchev–Trinajstić information content (AvgIpc) is 3.21. The van der Waals surface area contributed by atoms with Crippen molar-refractivity contribution in [3.63, 3.8) is 0 Å². The van der Waals surface area contributed by atoms with Crippen molar-refractivity contribution in [2.24, 2.45) is 0 Å². The largest absolute Gasteiger partial charge is 0.382 e. The van der Waals surface area contributed by atoms with E-state index in [1.54, 1.807) is 31.3 Å². The maximum atomic E-state index is 13.2. The minimum Gasteiger partial charge on any atom is -0.382 e. The average molecular weight is 386 g/mol. The fourth-order valence-electron chi connectivity index (χ4n) is 3.34. The molecule has 1 atom stereocenters. The highest BCUT2D eigenvalue weighted by Gasteiger charge is 2.24. The summed E-state index contributed by atoms with van der Waals surface area (Å²) in [4.78, 5) is 23.9. The van der Waals surface area contributed by atoms with E-state index in [4.69, 9.17) is 4.74 Å². The second-order valence-electron chi connectivity index (χ2n) is 6.82. The molecule has 4 rings (SSSR count). The van der Waals surface area contributed by atoms with Crippen LogP contribution in [0.15, 0.2) is 79.3 Å². The van der Waals surface area contributed by atoms with Gasteiger partial charge in [0.05, 0.1) is 29.6 Å². The van der Waals surface area contributed by atoms with E-state index in [1.165, 1.54) is 0 Å². The molecule has 3 heterocycles. The SMILES string of the molecule is COCC(c1ccccn1)N(C)C(=O)c1ccc2nc(-c3ccccc3)cn2c1. The maximum Gasteiger partial charge on any atom is 0.255 e. The van der Waals surface area contributed by atoms with Crippen LogP contribution in [0, 0.1) is 0 Å². The van der Waals surface area contributed by atoms with Gasteiger partial charge in [0.2, 0.25) is 0 Å². The Morgan fingerprint density at radius 2 is 1.86 bits per heavy atom. The van der Waals surface area contributed by atoms with Crippen molar-refractivity contribution < 1.29 is 9.53 Å². The van der Waals surface area contributed by atoms with Crippen LogP contribution in [-0.4, -0.2) is 45.9 Å². The van der Waals surface area contributed by atoms with Crippen LogP contribution in [0.5, 0.6) is 0 Å². The Bertz CT molecular complexity index is 1110. The summed E-state index contributed by atoms with van der Waals surface area (Å²) in [6, 6.07) is 19.0. The second-order valence-corrected chi connectivity index (χ2v) is 6.82. The van der Waals surface area contributed by atoms with Gasteiger partial charge < -0.3 is 14.0 Å². The lowest BCUT2D eigenvalue weighted by atomic mass is 10.1. The predicted octanol–water partition coefficient (Wildman–Crippen LogP) is 3.86. The van der Waals surface area contributed by atoms with E-state index in [9.17, 15) is 4.79 Å². The molecule has 0 aliphatic carbocycles. The Morgan fingerprint density at radius 1 is 1.07 bits per heavy atom. The van der Waals surface area contributed by atoms with Crippen molar-refractivity contribution in [3.8, 4) is 11.3 Å². The van der Waals surface area contributed by atoms with Crippen molar-refractivity contribution in [3.05, 3.63) is 90.5 Å². The van der Waals surface area contributed by atoms with Crippen molar-refractivity contribution in [2.75, 3.05) is 20.8 Å². The van der Waals surface area contributed by atoms with Crippen LogP contribution in [0.4, 0.5) is 0 Å². The molecule has 0 bridgehead atoms. The van der Waals surface area contributed by atoms with E-state index in [-0.39, 0.29) is 11.9 Å². The number of amides is 1. The number of benzene rings is 1. The molecule has 0 N–H and O–H groups in total. The van der Waals surface area contributed by atoms with Crippen LogP contribution in [0.25, 0.3) is 16.9 Å². The third-order valence-electron chi connectivity index (χ3n) is 4.91. The molecule has 1 aromatic carbocycles. The number of nitrogens with zero attached hydrogens (tertiary/aromatic N) is 4. The Morgan fingerprint density at radius 3 is 2.59 bits per heavy atom. The van der Waals surface area contributed by atoms with Gasteiger partial charge in [-0.1, -0.05) is 36.4 Å². The Balaban J connectivity index is 1.63. The minimum atomic E-state index is -0.271. The zero-order chi connectivity index (χ0) is 20.2. The molecule has 0 spiro atoms. The lowest BCUT2D eigenvalue weighted by molar-refractivity contribution is 0.0594. The molecular formula is C23H22N4O2. The van der Waals surface area contributed by atoms with Gasteiger partial charge in [-0.3, -0.25) is 9.78 Å². The van der Waals surface area contributed by atoms with E-state index >= 15 is 0 Å². The maximum absolute atomic E-state index is 13.2. The molecule has 146 valence electrons. The van der Waals surface area contributed by atoms with Gasteiger partial charge in [0, 0.05) is 38.3 Å². The van der Waals surface area contributed by atoms with Gasteiger partial charge in [0.15, 0.2) is 0 Å². The number of carbonyl (C=O) groups excluding carboxylic acids is 1.